The molecule has 2 rings (SSSR count). The van der Waals surface area contributed by atoms with Crippen LogP contribution in [-0.2, 0) is 7.05 Å². The first kappa shape index (κ1) is 9.13. The number of aromatic nitrogens is 1. The summed E-state index contributed by atoms with van der Waals surface area (Å²) in [5.41, 5.74) is 3.82. The topological polar surface area (TPSA) is 14.2 Å². The first-order valence-electron chi connectivity index (χ1n) is 4.75. The Bertz CT molecular complexity index is 483. The van der Waals surface area contributed by atoms with Crippen molar-refractivity contribution in [2.24, 2.45) is 7.05 Å². The second kappa shape index (κ2) is 3.05. The number of rotatable bonds is 1. The minimum Gasteiger partial charge on any atom is -0.495 e. The predicted octanol–water partition coefficient (Wildman–Crippen LogP) is 2.80. The average molecular weight is 189 g/mol. The van der Waals surface area contributed by atoms with Crippen LogP contribution >= 0.6 is 0 Å². The number of methoxy groups -OCH3 is 1. The summed E-state index contributed by atoms with van der Waals surface area (Å²) in [5.74, 6) is 0.946. The molecular formula is C12H15NO. The lowest BCUT2D eigenvalue weighted by atomic mass is 10.1. The van der Waals surface area contributed by atoms with Crippen LogP contribution in [0.25, 0.3) is 10.9 Å². The molecule has 0 atom stereocenters. The van der Waals surface area contributed by atoms with Crippen LogP contribution in [-0.4, -0.2) is 11.7 Å². The zero-order valence-electron chi connectivity index (χ0n) is 9.09. The predicted molar refractivity (Wildman–Crippen MR) is 58.9 cm³/mol. The van der Waals surface area contributed by atoms with Crippen molar-refractivity contribution in [1.82, 2.24) is 4.57 Å². The Morgan fingerprint density at radius 3 is 2.57 bits per heavy atom. The second-order valence-corrected chi connectivity index (χ2v) is 3.63. The van der Waals surface area contributed by atoms with E-state index in [1.807, 2.05) is 12.1 Å². The Hall–Kier alpha value is -1.44. The molecule has 0 saturated carbocycles. The van der Waals surface area contributed by atoms with Gasteiger partial charge < -0.3 is 9.30 Å². The summed E-state index contributed by atoms with van der Waals surface area (Å²) in [4.78, 5) is 0. The molecule has 14 heavy (non-hydrogen) atoms. The van der Waals surface area contributed by atoms with Crippen LogP contribution in [0.15, 0.2) is 18.2 Å². The maximum Gasteiger partial charge on any atom is 0.143 e. The third kappa shape index (κ3) is 1.03. The maximum atomic E-state index is 5.36. The van der Waals surface area contributed by atoms with E-state index in [0.29, 0.717) is 0 Å². The lowest BCUT2D eigenvalue weighted by Crippen LogP contribution is -1.93. The molecular weight excluding hydrogens is 174 g/mol. The van der Waals surface area contributed by atoms with Gasteiger partial charge in [-0.2, -0.15) is 0 Å². The molecule has 0 saturated heterocycles. The van der Waals surface area contributed by atoms with E-state index in [0.717, 1.165) is 5.75 Å². The van der Waals surface area contributed by atoms with Crippen molar-refractivity contribution in [3.8, 4) is 5.75 Å². The fourth-order valence-corrected chi connectivity index (χ4v) is 1.95. The van der Waals surface area contributed by atoms with Gasteiger partial charge in [0.05, 0.1) is 12.6 Å². The Kier molecular flexibility index (Phi) is 1.99. The van der Waals surface area contributed by atoms with Crippen LogP contribution in [0.4, 0.5) is 0 Å². The van der Waals surface area contributed by atoms with Crippen LogP contribution in [0.1, 0.15) is 11.3 Å². The normalized spacial score (nSPS) is 10.9. The molecule has 2 aromatic rings. The van der Waals surface area contributed by atoms with Crippen molar-refractivity contribution < 1.29 is 4.74 Å². The van der Waals surface area contributed by atoms with Gasteiger partial charge in [-0.1, -0.05) is 12.1 Å². The maximum absolute atomic E-state index is 5.36. The van der Waals surface area contributed by atoms with Crippen molar-refractivity contribution in [2.45, 2.75) is 13.8 Å². The highest BCUT2D eigenvalue weighted by molar-refractivity contribution is 5.90. The fourth-order valence-electron chi connectivity index (χ4n) is 1.95. The van der Waals surface area contributed by atoms with Gasteiger partial charge >= 0.3 is 0 Å². The number of nitrogens with zero attached hydrogens (tertiary/aromatic N) is 1. The number of aryl methyl sites for hydroxylation is 2. The van der Waals surface area contributed by atoms with Gasteiger partial charge in [0.25, 0.3) is 0 Å². The average Bonchev–Trinajstić information content (AvgIpc) is 2.44. The quantitative estimate of drug-likeness (QED) is 0.672. The van der Waals surface area contributed by atoms with Gasteiger partial charge in [0.15, 0.2) is 0 Å². The van der Waals surface area contributed by atoms with Gasteiger partial charge in [0.1, 0.15) is 5.75 Å². The molecule has 2 nitrogen and oxygen atoms in total. The van der Waals surface area contributed by atoms with Gasteiger partial charge in [0.2, 0.25) is 0 Å². The van der Waals surface area contributed by atoms with E-state index >= 15 is 0 Å². The zero-order chi connectivity index (χ0) is 10.3. The van der Waals surface area contributed by atoms with E-state index < -0.39 is 0 Å². The van der Waals surface area contributed by atoms with E-state index in [2.05, 4.69) is 31.5 Å². The van der Waals surface area contributed by atoms with Gasteiger partial charge in [0, 0.05) is 18.1 Å². The third-order valence-corrected chi connectivity index (χ3v) is 3.00. The highest BCUT2D eigenvalue weighted by Crippen LogP contribution is 2.30. The van der Waals surface area contributed by atoms with Crippen molar-refractivity contribution >= 4 is 10.9 Å². The Morgan fingerprint density at radius 2 is 1.93 bits per heavy atom. The number of para-hydroxylation sites is 1. The molecule has 0 aliphatic carbocycles. The Balaban J connectivity index is 2.94. The molecule has 0 fully saturated rings. The zero-order valence-corrected chi connectivity index (χ0v) is 9.09. The molecule has 0 bridgehead atoms. The first-order valence-corrected chi connectivity index (χ1v) is 4.75. The van der Waals surface area contributed by atoms with E-state index in [1.165, 1.54) is 22.2 Å². The fraction of sp³-hybridized carbons (Fsp3) is 0.333. The summed E-state index contributed by atoms with van der Waals surface area (Å²) in [5, 5.41) is 1.28. The third-order valence-electron chi connectivity index (χ3n) is 3.00. The summed E-state index contributed by atoms with van der Waals surface area (Å²) in [7, 11) is 3.79. The Labute approximate surface area is 84.1 Å². The van der Waals surface area contributed by atoms with Crippen LogP contribution in [0, 0.1) is 13.8 Å². The standard InChI is InChI=1S/C12H15NO/c1-8-9(2)13(3)12-10(8)6-5-7-11(12)14-4/h5-7H,1-4H3. The lowest BCUT2D eigenvalue weighted by molar-refractivity contribution is 0.418. The Morgan fingerprint density at radius 1 is 1.21 bits per heavy atom. The molecule has 1 aromatic heterocycles. The van der Waals surface area contributed by atoms with Crippen LogP contribution in [0.3, 0.4) is 0 Å². The van der Waals surface area contributed by atoms with E-state index in [4.69, 9.17) is 4.74 Å². The number of hydrogen-bond acceptors (Lipinski definition) is 1. The molecule has 0 amide bonds. The molecule has 1 aromatic carbocycles. The molecule has 2 heteroatoms. The van der Waals surface area contributed by atoms with Crippen LogP contribution in [0.2, 0.25) is 0 Å². The molecule has 0 aliphatic heterocycles. The van der Waals surface area contributed by atoms with Crippen molar-refractivity contribution in [1.29, 1.82) is 0 Å². The van der Waals surface area contributed by atoms with Gasteiger partial charge in [-0.15, -0.1) is 0 Å². The number of fused-ring (bicyclic) bond motifs is 1. The molecule has 74 valence electrons. The van der Waals surface area contributed by atoms with Gasteiger partial charge in [-0.25, -0.2) is 0 Å². The van der Waals surface area contributed by atoms with E-state index in [1.54, 1.807) is 7.11 Å². The summed E-state index contributed by atoms with van der Waals surface area (Å²) in [6.45, 7) is 4.28. The number of hydrogen-bond donors (Lipinski definition) is 0. The van der Waals surface area contributed by atoms with Crippen LogP contribution in [0.5, 0.6) is 5.75 Å². The van der Waals surface area contributed by atoms with Crippen molar-refractivity contribution in [2.75, 3.05) is 7.11 Å². The molecule has 0 spiro atoms. The summed E-state index contributed by atoms with van der Waals surface area (Å²) in [6.07, 6.45) is 0. The van der Waals surface area contributed by atoms with Crippen molar-refractivity contribution in [3.63, 3.8) is 0 Å². The smallest absolute Gasteiger partial charge is 0.143 e. The van der Waals surface area contributed by atoms with E-state index in [9.17, 15) is 0 Å². The molecule has 0 aliphatic rings. The largest absolute Gasteiger partial charge is 0.495 e. The number of ether oxygens (including phenoxy) is 1. The molecule has 0 unspecified atom stereocenters. The lowest BCUT2D eigenvalue weighted by Gasteiger charge is -2.04. The van der Waals surface area contributed by atoms with E-state index in [-0.39, 0.29) is 0 Å². The molecule has 0 radical (unpaired) electrons. The molecule has 1 heterocycles. The highest BCUT2D eigenvalue weighted by atomic mass is 16.5. The van der Waals surface area contributed by atoms with Gasteiger partial charge in [-0.05, 0) is 25.5 Å². The summed E-state index contributed by atoms with van der Waals surface area (Å²) < 4.78 is 7.54. The van der Waals surface area contributed by atoms with Gasteiger partial charge in [-0.3, -0.25) is 0 Å². The monoisotopic (exact) mass is 189 g/mol. The summed E-state index contributed by atoms with van der Waals surface area (Å²) in [6, 6.07) is 6.18. The second-order valence-electron chi connectivity index (χ2n) is 3.63. The van der Waals surface area contributed by atoms with Crippen molar-refractivity contribution in [3.05, 3.63) is 29.5 Å². The SMILES string of the molecule is COc1cccc2c(C)c(C)n(C)c12. The minimum atomic E-state index is 0.946. The minimum absolute atomic E-state index is 0.946. The first-order chi connectivity index (χ1) is 6.66. The molecule has 0 N–H and O–H groups in total. The highest BCUT2D eigenvalue weighted by Gasteiger charge is 2.11. The summed E-state index contributed by atoms with van der Waals surface area (Å²) >= 11 is 0. The van der Waals surface area contributed by atoms with Crippen LogP contribution < -0.4 is 4.74 Å². The number of benzene rings is 1.